The largest absolute Gasteiger partial charge is 0.322 e. The van der Waals surface area contributed by atoms with E-state index in [1.807, 2.05) is 48.5 Å². The quantitative estimate of drug-likeness (QED) is 0.122. The minimum Gasteiger partial charge on any atom is -0.322 e. The summed E-state index contributed by atoms with van der Waals surface area (Å²) in [5, 5.41) is 28.6. The maximum absolute atomic E-state index is 13.8. The molecule has 11 heteroatoms. The average molecular weight is 675 g/mol. The SMILES string of the molecule is O=C(Nc1ccc(C2(c3ccc(NC(=O)c4ccccc4[N+](=O)[O-])cc3)c3ccccc3C(=O)c3ccccc32)cc1)c1ccccc1[N+](=O)[O-]. The number of carbonyl (C=O) groups excluding carboxylic acids is 3. The van der Waals surface area contributed by atoms with E-state index < -0.39 is 27.1 Å². The Balaban J connectivity index is 1.32. The molecule has 2 N–H and O–H groups in total. The van der Waals surface area contributed by atoms with Crippen molar-refractivity contribution in [1.29, 1.82) is 0 Å². The van der Waals surface area contributed by atoms with Crippen LogP contribution in [0.4, 0.5) is 22.7 Å². The number of hydrogen-bond donors (Lipinski definition) is 2. The van der Waals surface area contributed by atoms with Crippen molar-refractivity contribution in [3.8, 4) is 0 Å². The minimum absolute atomic E-state index is 0.0780. The number of para-hydroxylation sites is 2. The molecule has 0 saturated carbocycles. The molecule has 0 bridgehead atoms. The molecule has 0 atom stereocenters. The van der Waals surface area contributed by atoms with E-state index in [1.165, 1.54) is 36.4 Å². The van der Waals surface area contributed by atoms with Crippen LogP contribution in [0.2, 0.25) is 0 Å². The van der Waals surface area contributed by atoms with Crippen LogP contribution in [0.5, 0.6) is 0 Å². The second-order valence-electron chi connectivity index (χ2n) is 11.8. The van der Waals surface area contributed by atoms with Gasteiger partial charge in [-0.15, -0.1) is 0 Å². The van der Waals surface area contributed by atoms with E-state index in [4.69, 9.17) is 0 Å². The van der Waals surface area contributed by atoms with Crippen molar-refractivity contribution in [2.45, 2.75) is 5.41 Å². The summed E-state index contributed by atoms with van der Waals surface area (Å²) in [4.78, 5) is 61.9. The molecular formula is C40H26N4O7. The number of ketones is 1. The van der Waals surface area contributed by atoms with Gasteiger partial charge in [-0.1, -0.05) is 97.1 Å². The first-order chi connectivity index (χ1) is 24.7. The number of fused-ring (bicyclic) bond motifs is 2. The van der Waals surface area contributed by atoms with Crippen LogP contribution in [0.15, 0.2) is 146 Å². The molecule has 7 rings (SSSR count). The van der Waals surface area contributed by atoms with Gasteiger partial charge in [-0.2, -0.15) is 0 Å². The van der Waals surface area contributed by atoms with Crippen LogP contribution in [-0.4, -0.2) is 27.4 Å². The van der Waals surface area contributed by atoms with E-state index in [1.54, 1.807) is 60.7 Å². The second kappa shape index (κ2) is 13.0. The zero-order chi connectivity index (χ0) is 35.7. The molecule has 0 saturated heterocycles. The van der Waals surface area contributed by atoms with Crippen LogP contribution < -0.4 is 10.6 Å². The van der Waals surface area contributed by atoms with Crippen molar-refractivity contribution in [3.63, 3.8) is 0 Å². The molecule has 1 aliphatic carbocycles. The summed E-state index contributed by atoms with van der Waals surface area (Å²) in [5.41, 5.74) is 2.98. The smallest absolute Gasteiger partial charge is 0.282 e. The summed E-state index contributed by atoms with van der Waals surface area (Å²) in [5.74, 6) is -1.40. The Labute approximate surface area is 290 Å². The van der Waals surface area contributed by atoms with Crippen LogP contribution >= 0.6 is 0 Å². The van der Waals surface area contributed by atoms with Gasteiger partial charge < -0.3 is 10.6 Å². The predicted molar refractivity (Wildman–Crippen MR) is 190 cm³/mol. The highest BCUT2D eigenvalue weighted by molar-refractivity contribution is 6.14. The topological polar surface area (TPSA) is 162 Å². The van der Waals surface area contributed by atoms with E-state index >= 15 is 0 Å². The fourth-order valence-electron chi connectivity index (χ4n) is 6.75. The zero-order valence-electron chi connectivity index (χ0n) is 26.6. The zero-order valence-corrected chi connectivity index (χ0v) is 26.6. The molecule has 2 amide bonds. The van der Waals surface area contributed by atoms with Gasteiger partial charge in [0.25, 0.3) is 23.2 Å². The molecule has 0 heterocycles. The van der Waals surface area contributed by atoms with E-state index in [9.17, 15) is 34.6 Å². The van der Waals surface area contributed by atoms with Crippen LogP contribution in [0.3, 0.4) is 0 Å². The molecule has 0 spiro atoms. The number of hydrogen-bond acceptors (Lipinski definition) is 7. The lowest BCUT2D eigenvalue weighted by atomic mass is 9.59. The van der Waals surface area contributed by atoms with Gasteiger partial charge in [-0.05, 0) is 58.7 Å². The monoisotopic (exact) mass is 674 g/mol. The number of nitro groups is 2. The third-order valence-electron chi connectivity index (χ3n) is 8.99. The highest BCUT2D eigenvalue weighted by atomic mass is 16.6. The van der Waals surface area contributed by atoms with Crippen LogP contribution in [0.25, 0.3) is 0 Å². The first-order valence-corrected chi connectivity index (χ1v) is 15.7. The van der Waals surface area contributed by atoms with E-state index in [0.717, 1.165) is 22.3 Å². The second-order valence-corrected chi connectivity index (χ2v) is 11.8. The van der Waals surface area contributed by atoms with Crippen LogP contribution in [-0.2, 0) is 5.41 Å². The lowest BCUT2D eigenvalue weighted by Gasteiger charge is -2.41. The molecule has 6 aromatic rings. The maximum atomic E-state index is 13.8. The number of rotatable bonds is 8. The number of amides is 2. The van der Waals surface area contributed by atoms with E-state index in [-0.39, 0.29) is 28.3 Å². The minimum atomic E-state index is -1.04. The molecule has 0 aromatic heterocycles. The van der Waals surface area contributed by atoms with Crippen LogP contribution in [0.1, 0.15) is 58.9 Å². The third-order valence-corrected chi connectivity index (χ3v) is 8.99. The molecule has 11 nitrogen and oxygen atoms in total. The maximum Gasteiger partial charge on any atom is 0.282 e. The van der Waals surface area contributed by atoms with E-state index in [0.29, 0.717) is 22.5 Å². The van der Waals surface area contributed by atoms with Gasteiger partial charge in [0.05, 0.1) is 15.3 Å². The summed E-state index contributed by atoms with van der Waals surface area (Å²) in [6.45, 7) is 0. The summed E-state index contributed by atoms with van der Waals surface area (Å²) in [6.07, 6.45) is 0. The summed E-state index contributed by atoms with van der Waals surface area (Å²) < 4.78 is 0. The van der Waals surface area contributed by atoms with Crippen molar-refractivity contribution < 1.29 is 24.2 Å². The number of nitrogens with zero attached hydrogens (tertiary/aromatic N) is 2. The molecular weight excluding hydrogens is 648 g/mol. The highest BCUT2D eigenvalue weighted by Gasteiger charge is 2.46. The average Bonchev–Trinajstić information content (AvgIpc) is 3.16. The van der Waals surface area contributed by atoms with Crippen molar-refractivity contribution in [2.24, 2.45) is 0 Å². The molecule has 0 radical (unpaired) electrons. The lowest BCUT2D eigenvalue weighted by molar-refractivity contribution is -0.385. The molecule has 6 aromatic carbocycles. The third kappa shape index (κ3) is 5.58. The van der Waals surface area contributed by atoms with Crippen molar-refractivity contribution in [3.05, 3.63) is 210 Å². The molecule has 1 aliphatic rings. The van der Waals surface area contributed by atoms with Gasteiger partial charge in [0.15, 0.2) is 5.78 Å². The first kappa shape index (κ1) is 32.3. The number of nitrogens with one attached hydrogen (secondary N) is 2. The number of carbonyl (C=O) groups is 3. The predicted octanol–water partition coefficient (Wildman–Crippen LogP) is 7.93. The van der Waals surface area contributed by atoms with Gasteiger partial charge in [-0.25, -0.2) is 0 Å². The molecule has 0 unspecified atom stereocenters. The van der Waals surface area contributed by atoms with E-state index in [2.05, 4.69) is 10.6 Å². The Morgan fingerprint density at radius 2 is 0.843 bits per heavy atom. The van der Waals surface area contributed by atoms with Crippen molar-refractivity contribution in [2.75, 3.05) is 10.6 Å². The van der Waals surface area contributed by atoms with Crippen molar-refractivity contribution >= 4 is 40.3 Å². The molecule has 248 valence electrons. The highest BCUT2D eigenvalue weighted by Crippen LogP contribution is 2.51. The lowest BCUT2D eigenvalue weighted by Crippen LogP contribution is -2.38. The Kier molecular flexibility index (Phi) is 8.21. The number of anilines is 2. The van der Waals surface area contributed by atoms with Gasteiger partial charge in [0.2, 0.25) is 0 Å². The number of benzene rings is 6. The first-order valence-electron chi connectivity index (χ1n) is 15.7. The Morgan fingerprint density at radius 1 is 0.490 bits per heavy atom. The van der Waals surface area contributed by atoms with Gasteiger partial charge >= 0.3 is 0 Å². The van der Waals surface area contributed by atoms with Gasteiger partial charge in [0.1, 0.15) is 11.1 Å². The fourth-order valence-corrected chi connectivity index (χ4v) is 6.75. The summed E-state index contributed by atoms with van der Waals surface area (Å²) >= 11 is 0. The normalized spacial score (nSPS) is 12.6. The van der Waals surface area contributed by atoms with Gasteiger partial charge in [0, 0.05) is 34.6 Å². The summed E-state index contributed by atoms with van der Waals surface area (Å²) in [7, 11) is 0. The standard InChI is InChI=1S/C40H26N4O7/c45-37-29-9-1-5-13-33(29)40(34-14-6-2-10-30(34)37,25-17-21-27(22-18-25)41-38(46)31-11-3-7-15-35(31)43(48)49)26-19-23-28(24-20-26)42-39(47)32-12-4-8-16-36(32)44(50)51/h1-24H,(H,41,46)(H,42,47). The Bertz CT molecular complexity index is 2220. The number of nitro benzene ring substituents is 2. The molecule has 0 fully saturated rings. The Hall–Kier alpha value is -7.27. The fraction of sp³-hybridized carbons (Fsp3) is 0.0250. The molecule has 51 heavy (non-hydrogen) atoms. The van der Waals surface area contributed by atoms with Gasteiger partial charge in [-0.3, -0.25) is 34.6 Å². The summed E-state index contributed by atoms with van der Waals surface area (Å²) in [6, 6.07) is 40.2. The van der Waals surface area contributed by atoms with Crippen LogP contribution in [0, 0.1) is 20.2 Å². The molecule has 0 aliphatic heterocycles. The Morgan fingerprint density at radius 3 is 1.24 bits per heavy atom. The van der Waals surface area contributed by atoms with Crippen molar-refractivity contribution in [1.82, 2.24) is 0 Å².